The molecule has 1 saturated carbocycles. The Morgan fingerprint density at radius 1 is 1.13 bits per heavy atom. The normalized spacial score (nSPS) is 19.1. The van der Waals surface area contributed by atoms with Crippen LogP contribution in [0.25, 0.3) is 0 Å². The standard InChI is InChI=1S/C23H39N5O.HI/c1-4-27-11-13-28(14-12-27)17-19(2)15-25-23(24-3)26-16-21-7-5-6-8-22(21)29-18-20-9-10-20;/h5-8,19-20H,4,9-18H2,1-3H3,(H2,24,25,26);1H. The van der Waals surface area contributed by atoms with Gasteiger partial charge in [-0.05, 0) is 37.3 Å². The van der Waals surface area contributed by atoms with Crippen LogP contribution in [0.15, 0.2) is 29.3 Å². The number of benzene rings is 1. The van der Waals surface area contributed by atoms with Crippen LogP contribution in [-0.4, -0.2) is 75.2 Å². The van der Waals surface area contributed by atoms with Gasteiger partial charge in [-0.2, -0.15) is 0 Å². The lowest BCUT2D eigenvalue weighted by molar-refractivity contribution is 0.124. The lowest BCUT2D eigenvalue weighted by Gasteiger charge is -2.35. The van der Waals surface area contributed by atoms with Crippen molar-refractivity contribution in [3.8, 4) is 5.75 Å². The number of likely N-dealkylation sites (N-methyl/N-ethyl adjacent to an activating group) is 1. The number of aliphatic imine (C=N–C) groups is 1. The summed E-state index contributed by atoms with van der Waals surface area (Å²) < 4.78 is 6.02. The number of piperazine rings is 1. The number of halogens is 1. The molecule has 1 unspecified atom stereocenters. The molecule has 0 bridgehead atoms. The van der Waals surface area contributed by atoms with Crippen molar-refractivity contribution in [2.45, 2.75) is 33.2 Å². The van der Waals surface area contributed by atoms with Crippen molar-refractivity contribution in [1.29, 1.82) is 0 Å². The van der Waals surface area contributed by atoms with Crippen LogP contribution in [-0.2, 0) is 6.54 Å². The molecule has 2 aliphatic rings. The minimum Gasteiger partial charge on any atom is -0.493 e. The van der Waals surface area contributed by atoms with Gasteiger partial charge in [-0.15, -0.1) is 24.0 Å². The molecule has 0 aromatic heterocycles. The van der Waals surface area contributed by atoms with Crippen molar-refractivity contribution < 1.29 is 4.74 Å². The molecule has 7 heteroatoms. The maximum atomic E-state index is 6.02. The second-order valence-corrected chi connectivity index (χ2v) is 8.51. The number of rotatable bonds is 10. The van der Waals surface area contributed by atoms with E-state index in [1.807, 2.05) is 13.1 Å². The summed E-state index contributed by atoms with van der Waals surface area (Å²) in [5.41, 5.74) is 1.18. The summed E-state index contributed by atoms with van der Waals surface area (Å²) in [6, 6.07) is 8.30. The largest absolute Gasteiger partial charge is 0.493 e. The number of hydrogen-bond donors (Lipinski definition) is 2. The topological polar surface area (TPSA) is 52.1 Å². The Morgan fingerprint density at radius 3 is 2.50 bits per heavy atom. The molecule has 0 radical (unpaired) electrons. The van der Waals surface area contributed by atoms with Gasteiger partial charge >= 0.3 is 0 Å². The molecule has 1 aliphatic heterocycles. The first-order chi connectivity index (χ1) is 14.2. The zero-order valence-electron chi connectivity index (χ0n) is 18.9. The Labute approximate surface area is 199 Å². The third-order valence-corrected chi connectivity index (χ3v) is 5.91. The summed E-state index contributed by atoms with van der Waals surface area (Å²) in [6.45, 7) is 14.1. The molecule has 1 aromatic carbocycles. The van der Waals surface area contributed by atoms with Gasteiger partial charge in [0.05, 0.1) is 6.61 Å². The van der Waals surface area contributed by atoms with Gasteiger partial charge < -0.3 is 25.2 Å². The average molecular weight is 530 g/mol. The minimum absolute atomic E-state index is 0. The van der Waals surface area contributed by atoms with E-state index in [0.717, 1.165) is 37.3 Å². The highest BCUT2D eigenvalue weighted by molar-refractivity contribution is 14.0. The third kappa shape index (κ3) is 8.59. The molecular formula is C23H40IN5O. The Kier molecular flexibility index (Phi) is 11.2. The number of para-hydroxylation sites is 1. The highest BCUT2D eigenvalue weighted by atomic mass is 127. The summed E-state index contributed by atoms with van der Waals surface area (Å²) in [5.74, 6) is 3.18. The Hall–Kier alpha value is -1.06. The van der Waals surface area contributed by atoms with E-state index < -0.39 is 0 Å². The Morgan fingerprint density at radius 2 is 1.83 bits per heavy atom. The van der Waals surface area contributed by atoms with Crippen molar-refractivity contribution in [1.82, 2.24) is 20.4 Å². The smallest absolute Gasteiger partial charge is 0.191 e. The van der Waals surface area contributed by atoms with Crippen LogP contribution in [0.3, 0.4) is 0 Å². The second-order valence-electron chi connectivity index (χ2n) is 8.51. The number of guanidine groups is 1. The van der Waals surface area contributed by atoms with E-state index in [9.17, 15) is 0 Å². The number of hydrogen-bond acceptors (Lipinski definition) is 4. The number of nitrogens with zero attached hydrogens (tertiary/aromatic N) is 3. The Balaban J connectivity index is 0.00000320. The van der Waals surface area contributed by atoms with Crippen molar-refractivity contribution in [2.75, 3.05) is 59.5 Å². The number of nitrogens with one attached hydrogen (secondary N) is 2. The van der Waals surface area contributed by atoms with Gasteiger partial charge in [0.2, 0.25) is 0 Å². The van der Waals surface area contributed by atoms with Crippen LogP contribution in [0.1, 0.15) is 32.3 Å². The van der Waals surface area contributed by atoms with E-state index in [0.29, 0.717) is 12.5 Å². The fraction of sp³-hybridized carbons (Fsp3) is 0.696. The predicted molar refractivity (Wildman–Crippen MR) is 136 cm³/mol. The van der Waals surface area contributed by atoms with E-state index in [1.165, 1.54) is 51.1 Å². The second kappa shape index (κ2) is 13.4. The molecule has 1 aromatic rings. The molecule has 30 heavy (non-hydrogen) atoms. The van der Waals surface area contributed by atoms with Crippen LogP contribution >= 0.6 is 24.0 Å². The van der Waals surface area contributed by atoms with Crippen molar-refractivity contribution >= 4 is 29.9 Å². The van der Waals surface area contributed by atoms with Crippen LogP contribution in [0, 0.1) is 11.8 Å². The molecule has 0 amide bonds. The van der Waals surface area contributed by atoms with E-state index >= 15 is 0 Å². The van der Waals surface area contributed by atoms with Crippen LogP contribution in [0.4, 0.5) is 0 Å². The molecule has 1 aliphatic carbocycles. The Bertz CT molecular complexity index is 644. The molecule has 0 spiro atoms. The van der Waals surface area contributed by atoms with Crippen molar-refractivity contribution in [3.05, 3.63) is 29.8 Å². The van der Waals surface area contributed by atoms with Gasteiger partial charge in [0, 0.05) is 58.4 Å². The molecule has 1 saturated heterocycles. The first kappa shape index (κ1) is 25.2. The number of ether oxygens (including phenoxy) is 1. The quantitative estimate of drug-likeness (QED) is 0.277. The maximum Gasteiger partial charge on any atom is 0.191 e. The predicted octanol–water partition coefficient (Wildman–Crippen LogP) is 3.03. The van der Waals surface area contributed by atoms with Crippen LogP contribution < -0.4 is 15.4 Å². The zero-order chi connectivity index (χ0) is 20.5. The minimum atomic E-state index is 0. The lowest BCUT2D eigenvalue weighted by atomic mass is 10.1. The van der Waals surface area contributed by atoms with Gasteiger partial charge in [0.1, 0.15) is 5.75 Å². The molecule has 3 rings (SSSR count). The van der Waals surface area contributed by atoms with E-state index in [2.05, 4.69) is 57.5 Å². The maximum absolute atomic E-state index is 6.02. The fourth-order valence-corrected chi connectivity index (χ4v) is 3.75. The lowest BCUT2D eigenvalue weighted by Crippen LogP contribution is -2.48. The fourth-order valence-electron chi connectivity index (χ4n) is 3.75. The summed E-state index contributed by atoms with van der Waals surface area (Å²) in [5, 5.41) is 6.93. The average Bonchev–Trinajstić information content (AvgIpc) is 3.58. The molecule has 1 atom stereocenters. The highest BCUT2D eigenvalue weighted by Crippen LogP contribution is 2.30. The summed E-state index contributed by atoms with van der Waals surface area (Å²) in [7, 11) is 1.83. The first-order valence-corrected chi connectivity index (χ1v) is 11.3. The van der Waals surface area contributed by atoms with E-state index in [-0.39, 0.29) is 24.0 Å². The van der Waals surface area contributed by atoms with Gasteiger partial charge in [-0.3, -0.25) is 4.99 Å². The van der Waals surface area contributed by atoms with Gasteiger partial charge in [-0.25, -0.2) is 0 Å². The molecule has 2 fully saturated rings. The van der Waals surface area contributed by atoms with Gasteiger partial charge in [0.15, 0.2) is 5.96 Å². The van der Waals surface area contributed by atoms with Crippen LogP contribution in [0.5, 0.6) is 5.75 Å². The molecule has 6 nitrogen and oxygen atoms in total. The zero-order valence-corrected chi connectivity index (χ0v) is 21.2. The van der Waals surface area contributed by atoms with Gasteiger partial charge in [0.25, 0.3) is 0 Å². The van der Waals surface area contributed by atoms with E-state index in [4.69, 9.17) is 4.74 Å². The molecule has 1 heterocycles. The monoisotopic (exact) mass is 529 g/mol. The molecular weight excluding hydrogens is 489 g/mol. The highest BCUT2D eigenvalue weighted by Gasteiger charge is 2.22. The third-order valence-electron chi connectivity index (χ3n) is 5.91. The van der Waals surface area contributed by atoms with Crippen LogP contribution in [0.2, 0.25) is 0 Å². The summed E-state index contributed by atoms with van der Waals surface area (Å²) in [6.07, 6.45) is 2.62. The summed E-state index contributed by atoms with van der Waals surface area (Å²) in [4.78, 5) is 9.50. The SMILES string of the molecule is CCN1CCN(CC(C)CNC(=NC)NCc2ccccc2OCC2CC2)CC1.I. The summed E-state index contributed by atoms with van der Waals surface area (Å²) >= 11 is 0. The van der Waals surface area contributed by atoms with E-state index in [1.54, 1.807) is 0 Å². The first-order valence-electron chi connectivity index (χ1n) is 11.3. The molecule has 170 valence electrons. The van der Waals surface area contributed by atoms with Crippen molar-refractivity contribution in [3.63, 3.8) is 0 Å². The van der Waals surface area contributed by atoms with Gasteiger partial charge in [-0.1, -0.05) is 32.0 Å². The molecule has 2 N–H and O–H groups in total. The van der Waals surface area contributed by atoms with Crippen molar-refractivity contribution in [2.24, 2.45) is 16.8 Å².